The molecule has 2 aromatic rings. The molecule has 0 amide bonds. The highest BCUT2D eigenvalue weighted by Crippen LogP contribution is 2.28. The summed E-state index contributed by atoms with van der Waals surface area (Å²) in [6.07, 6.45) is 5.28. The van der Waals surface area contributed by atoms with Gasteiger partial charge in [0.25, 0.3) is 0 Å². The second-order valence-electron chi connectivity index (χ2n) is 5.11. The van der Waals surface area contributed by atoms with Gasteiger partial charge in [-0.25, -0.2) is 9.97 Å². The molecule has 0 radical (unpaired) electrons. The highest BCUT2D eigenvalue weighted by Gasteiger charge is 2.18. The Morgan fingerprint density at radius 3 is 2.71 bits per heavy atom. The monoisotopic (exact) mass is 363 g/mol. The molecule has 1 heterocycles. The number of hydrogen-bond acceptors (Lipinski definition) is 6. The van der Waals surface area contributed by atoms with Crippen LogP contribution in [-0.2, 0) is 0 Å². The number of methoxy groups -OCH3 is 1. The topological polar surface area (TPSA) is 55.3 Å². The molecule has 0 saturated heterocycles. The van der Waals surface area contributed by atoms with Gasteiger partial charge in [-0.3, -0.25) is 4.79 Å². The van der Waals surface area contributed by atoms with Crippen molar-refractivity contribution in [3.05, 3.63) is 52.9 Å². The van der Waals surface area contributed by atoms with Gasteiger partial charge in [0.1, 0.15) is 5.75 Å². The van der Waals surface area contributed by atoms with Gasteiger partial charge in [0.15, 0.2) is 10.9 Å². The van der Waals surface area contributed by atoms with Crippen molar-refractivity contribution in [3.8, 4) is 5.75 Å². The Morgan fingerprint density at radius 2 is 2.08 bits per heavy atom. The van der Waals surface area contributed by atoms with E-state index < -0.39 is 0 Å². The number of thioether (sulfide) groups is 1. The lowest BCUT2D eigenvalue weighted by atomic mass is 10.0. The fourth-order valence-electron chi connectivity index (χ4n) is 2.04. The number of aromatic nitrogens is 2. The zero-order valence-electron chi connectivity index (χ0n) is 13.9. The van der Waals surface area contributed by atoms with E-state index in [1.54, 1.807) is 41.6 Å². The number of hydrogen-bond donors (Lipinski definition) is 0. The SMILES string of the molecule is COc1cc(C(=O)C(=CN(C)C)c2ccnc(SC)n2)ccc1Cl. The van der Waals surface area contributed by atoms with Crippen LogP contribution in [-0.4, -0.2) is 48.1 Å². The number of benzene rings is 1. The largest absolute Gasteiger partial charge is 0.495 e. The fraction of sp³-hybridized carbons (Fsp3) is 0.235. The van der Waals surface area contributed by atoms with Crippen LogP contribution in [0.2, 0.25) is 5.02 Å². The summed E-state index contributed by atoms with van der Waals surface area (Å²) in [6, 6.07) is 6.67. The first kappa shape index (κ1) is 18.3. The van der Waals surface area contributed by atoms with Gasteiger partial charge in [-0.2, -0.15) is 0 Å². The van der Waals surface area contributed by atoms with Crippen molar-refractivity contribution in [1.82, 2.24) is 14.9 Å². The average Bonchev–Trinajstić information content (AvgIpc) is 2.59. The minimum absolute atomic E-state index is 0.163. The molecule has 0 aliphatic heterocycles. The predicted octanol–water partition coefficient (Wildman–Crippen LogP) is 3.65. The number of carbonyl (C=O) groups excluding carboxylic acids is 1. The Balaban J connectivity index is 2.50. The van der Waals surface area contributed by atoms with E-state index in [9.17, 15) is 4.79 Å². The van der Waals surface area contributed by atoms with Crippen LogP contribution in [0.25, 0.3) is 5.57 Å². The van der Waals surface area contributed by atoms with Crippen LogP contribution in [0.15, 0.2) is 41.8 Å². The van der Waals surface area contributed by atoms with Crippen LogP contribution in [0, 0.1) is 0 Å². The summed E-state index contributed by atoms with van der Waals surface area (Å²) in [5, 5.41) is 1.07. The Labute approximate surface area is 150 Å². The van der Waals surface area contributed by atoms with E-state index in [1.165, 1.54) is 18.9 Å². The number of ketones is 1. The van der Waals surface area contributed by atoms with Crippen LogP contribution in [0.5, 0.6) is 5.75 Å². The quantitative estimate of drug-likeness (QED) is 0.338. The summed E-state index contributed by atoms with van der Waals surface area (Å²) in [7, 11) is 5.22. The predicted molar refractivity (Wildman–Crippen MR) is 97.8 cm³/mol. The van der Waals surface area contributed by atoms with Crippen LogP contribution in [0.3, 0.4) is 0 Å². The molecule has 5 nitrogen and oxygen atoms in total. The lowest BCUT2D eigenvalue weighted by molar-refractivity contribution is 0.105. The first-order valence-corrected chi connectivity index (χ1v) is 8.70. The minimum atomic E-state index is -0.163. The zero-order chi connectivity index (χ0) is 17.7. The van der Waals surface area contributed by atoms with Crippen molar-refractivity contribution in [3.63, 3.8) is 0 Å². The molecule has 0 unspecified atom stereocenters. The van der Waals surface area contributed by atoms with Crippen molar-refractivity contribution in [2.75, 3.05) is 27.5 Å². The van der Waals surface area contributed by atoms with E-state index in [2.05, 4.69) is 9.97 Å². The molecule has 0 aliphatic rings. The van der Waals surface area contributed by atoms with E-state index in [0.717, 1.165) is 0 Å². The molecular formula is C17H18ClN3O2S. The smallest absolute Gasteiger partial charge is 0.196 e. The number of nitrogens with zero attached hydrogens (tertiary/aromatic N) is 3. The molecule has 0 spiro atoms. The van der Waals surface area contributed by atoms with Crippen LogP contribution in [0.4, 0.5) is 0 Å². The van der Waals surface area contributed by atoms with Crippen LogP contribution < -0.4 is 4.74 Å². The van der Waals surface area contributed by atoms with Crippen LogP contribution in [0.1, 0.15) is 16.1 Å². The Hall–Kier alpha value is -2.05. The van der Waals surface area contributed by atoms with Gasteiger partial charge in [-0.15, -0.1) is 0 Å². The molecule has 0 fully saturated rings. The third kappa shape index (κ3) is 4.27. The number of carbonyl (C=O) groups is 1. The summed E-state index contributed by atoms with van der Waals surface area (Å²) < 4.78 is 5.20. The van der Waals surface area contributed by atoms with Gasteiger partial charge in [0, 0.05) is 32.1 Å². The maximum atomic E-state index is 13.0. The minimum Gasteiger partial charge on any atom is -0.495 e. The van der Waals surface area contributed by atoms with Crippen LogP contribution >= 0.6 is 23.4 Å². The van der Waals surface area contributed by atoms with Crippen molar-refractivity contribution in [2.45, 2.75) is 5.16 Å². The number of allylic oxidation sites excluding steroid dienone is 1. The third-order valence-corrected chi connectivity index (χ3v) is 4.01. The first-order valence-electron chi connectivity index (χ1n) is 7.10. The van der Waals surface area contributed by atoms with Crippen molar-refractivity contribution < 1.29 is 9.53 Å². The van der Waals surface area contributed by atoms with Crippen molar-refractivity contribution in [2.24, 2.45) is 0 Å². The van der Waals surface area contributed by atoms with Gasteiger partial charge in [0.05, 0.1) is 23.4 Å². The van der Waals surface area contributed by atoms with E-state index >= 15 is 0 Å². The molecule has 0 saturated carbocycles. The summed E-state index contributed by atoms with van der Waals surface area (Å²) in [4.78, 5) is 23.4. The molecule has 24 heavy (non-hydrogen) atoms. The van der Waals surface area contributed by atoms with Crippen molar-refractivity contribution in [1.29, 1.82) is 0 Å². The Bertz CT molecular complexity index is 778. The van der Waals surface area contributed by atoms with E-state index in [1.807, 2.05) is 20.4 Å². The Morgan fingerprint density at radius 1 is 1.33 bits per heavy atom. The summed E-state index contributed by atoms with van der Waals surface area (Å²) >= 11 is 7.46. The average molecular weight is 364 g/mol. The highest BCUT2D eigenvalue weighted by molar-refractivity contribution is 7.98. The molecule has 0 N–H and O–H groups in total. The van der Waals surface area contributed by atoms with Gasteiger partial charge in [-0.1, -0.05) is 23.4 Å². The molecular weight excluding hydrogens is 346 g/mol. The summed E-state index contributed by atoms with van der Waals surface area (Å²) in [5.41, 5.74) is 1.53. The molecule has 0 aliphatic carbocycles. The van der Waals surface area contributed by atoms with E-state index in [-0.39, 0.29) is 5.78 Å². The number of rotatable bonds is 6. The van der Waals surface area contributed by atoms with Gasteiger partial charge >= 0.3 is 0 Å². The lowest BCUT2D eigenvalue weighted by Crippen LogP contribution is -2.11. The maximum Gasteiger partial charge on any atom is 0.196 e. The highest BCUT2D eigenvalue weighted by atomic mass is 35.5. The van der Waals surface area contributed by atoms with E-state index in [4.69, 9.17) is 16.3 Å². The number of Topliss-reactive ketones (excluding diaryl/α,β-unsaturated/α-hetero) is 1. The molecule has 0 bridgehead atoms. The number of halogens is 1. The molecule has 2 rings (SSSR count). The van der Waals surface area contributed by atoms with Gasteiger partial charge in [0.2, 0.25) is 0 Å². The van der Waals surface area contributed by atoms with Crippen molar-refractivity contribution >= 4 is 34.7 Å². The van der Waals surface area contributed by atoms with E-state index in [0.29, 0.717) is 32.8 Å². The Kier molecular flexibility index (Phi) is 6.23. The molecule has 1 aromatic heterocycles. The van der Waals surface area contributed by atoms with Gasteiger partial charge < -0.3 is 9.64 Å². The summed E-state index contributed by atoms with van der Waals surface area (Å²) in [5.74, 6) is 0.295. The molecule has 0 atom stereocenters. The second-order valence-corrected chi connectivity index (χ2v) is 6.29. The summed E-state index contributed by atoms with van der Waals surface area (Å²) in [6.45, 7) is 0. The third-order valence-electron chi connectivity index (χ3n) is 3.14. The number of ether oxygens (including phenoxy) is 1. The fourth-order valence-corrected chi connectivity index (χ4v) is 2.60. The normalized spacial score (nSPS) is 11.3. The lowest BCUT2D eigenvalue weighted by Gasteiger charge is -2.12. The molecule has 1 aromatic carbocycles. The molecule has 7 heteroatoms. The molecule has 126 valence electrons. The second kappa shape index (κ2) is 8.17. The first-order chi connectivity index (χ1) is 11.5. The zero-order valence-corrected chi connectivity index (χ0v) is 15.5. The van der Waals surface area contributed by atoms with Gasteiger partial charge in [-0.05, 0) is 30.5 Å². The standard InChI is InChI=1S/C17H18ClN3O2S/c1-21(2)10-12(14-7-8-19-17(20-14)24-4)16(22)11-5-6-13(18)15(9-11)23-3/h5-10H,1-4H3. The maximum absolute atomic E-state index is 13.0.